The Morgan fingerprint density at radius 3 is 3.00 bits per heavy atom. The van der Waals surface area contributed by atoms with Crippen LogP contribution in [0.4, 0.5) is 0 Å². The number of benzene rings is 1. The van der Waals surface area contributed by atoms with Crippen molar-refractivity contribution in [3.8, 4) is 12.3 Å². The van der Waals surface area contributed by atoms with Gasteiger partial charge in [-0.1, -0.05) is 29.7 Å². The van der Waals surface area contributed by atoms with E-state index in [1.807, 2.05) is 18.2 Å². The molecule has 0 amide bonds. The van der Waals surface area contributed by atoms with Crippen LogP contribution in [0.5, 0.6) is 0 Å². The summed E-state index contributed by atoms with van der Waals surface area (Å²) in [6, 6.07) is 7.94. The predicted octanol–water partition coefficient (Wildman–Crippen LogP) is 1.99. The molecule has 1 N–H and O–H groups in total. The van der Waals surface area contributed by atoms with Gasteiger partial charge < -0.3 is 10.2 Å². The van der Waals surface area contributed by atoms with Gasteiger partial charge in [-0.25, -0.2) is 0 Å². The highest BCUT2D eigenvalue weighted by Gasteiger charge is 2.00. The first kappa shape index (κ1) is 13.1. The first-order valence-electron chi connectivity index (χ1n) is 5.29. The van der Waals surface area contributed by atoms with Gasteiger partial charge in [0.05, 0.1) is 6.54 Å². The molecule has 0 spiro atoms. The third kappa shape index (κ3) is 5.18. The van der Waals surface area contributed by atoms with E-state index in [-0.39, 0.29) is 0 Å². The maximum Gasteiger partial charge on any atom is 0.0574 e. The Bertz CT molecular complexity index is 357. The molecule has 1 aromatic rings. The van der Waals surface area contributed by atoms with Crippen molar-refractivity contribution in [1.82, 2.24) is 10.2 Å². The van der Waals surface area contributed by atoms with Gasteiger partial charge in [-0.2, -0.15) is 0 Å². The molecule has 0 aliphatic heterocycles. The topological polar surface area (TPSA) is 15.3 Å². The Balaban J connectivity index is 2.29. The highest BCUT2D eigenvalue weighted by molar-refractivity contribution is 6.30. The van der Waals surface area contributed by atoms with Gasteiger partial charge >= 0.3 is 0 Å². The first-order valence-corrected chi connectivity index (χ1v) is 5.67. The smallest absolute Gasteiger partial charge is 0.0574 e. The van der Waals surface area contributed by atoms with Crippen molar-refractivity contribution in [2.75, 3.05) is 26.7 Å². The maximum atomic E-state index is 5.92. The zero-order valence-corrected chi connectivity index (χ0v) is 10.3. The molecule has 86 valence electrons. The van der Waals surface area contributed by atoms with E-state index in [1.165, 1.54) is 5.56 Å². The van der Waals surface area contributed by atoms with Crippen molar-refractivity contribution >= 4 is 11.6 Å². The number of likely N-dealkylation sites (N-methyl/N-ethyl adjacent to an activating group) is 1. The Kier molecular flexibility index (Phi) is 5.95. The second-order valence-electron chi connectivity index (χ2n) is 3.75. The summed E-state index contributed by atoms with van der Waals surface area (Å²) in [6.07, 6.45) is 5.14. The molecule has 0 fully saturated rings. The lowest BCUT2D eigenvalue weighted by atomic mass is 10.2. The third-order valence-corrected chi connectivity index (χ3v) is 2.47. The van der Waals surface area contributed by atoms with Crippen LogP contribution >= 0.6 is 11.6 Å². The molecule has 0 saturated heterocycles. The monoisotopic (exact) mass is 236 g/mol. The van der Waals surface area contributed by atoms with Gasteiger partial charge in [0.15, 0.2) is 0 Å². The zero-order valence-electron chi connectivity index (χ0n) is 9.54. The lowest BCUT2D eigenvalue weighted by Gasteiger charge is -2.16. The summed E-state index contributed by atoms with van der Waals surface area (Å²) in [5, 5.41) is 3.95. The van der Waals surface area contributed by atoms with Gasteiger partial charge in [0.2, 0.25) is 0 Å². The summed E-state index contributed by atoms with van der Waals surface area (Å²) < 4.78 is 0. The highest BCUT2D eigenvalue weighted by Crippen LogP contribution is 2.11. The average molecular weight is 237 g/mol. The van der Waals surface area contributed by atoms with Crippen LogP contribution in [0, 0.1) is 12.3 Å². The number of hydrogen-bond acceptors (Lipinski definition) is 2. The fraction of sp³-hybridized carbons (Fsp3) is 0.385. The van der Waals surface area contributed by atoms with Gasteiger partial charge in [-0.05, 0) is 24.7 Å². The molecule has 0 saturated carbocycles. The molecule has 1 rings (SSSR count). The Morgan fingerprint density at radius 2 is 2.31 bits per heavy atom. The van der Waals surface area contributed by atoms with Crippen molar-refractivity contribution in [3.63, 3.8) is 0 Å². The molecule has 0 atom stereocenters. The zero-order chi connectivity index (χ0) is 11.8. The van der Waals surface area contributed by atoms with E-state index < -0.39 is 0 Å². The van der Waals surface area contributed by atoms with E-state index in [0.29, 0.717) is 6.54 Å². The molecule has 0 aromatic heterocycles. The minimum Gasteiger partial charge on any atom is -0.305 e. The SMILES string of the molecule is C#CCNCCN(C)Cc1cccc(Cl)c1. The molecular formula is C13H17ClN2. The van der Waals surface area contributed by atoms with Gasteiger partial charge in [0.25, 0.3) is 0 Å². The van der Waals surface area contributed by atoms with Crippen LogP contribution in [0.15, 0.2) is 24.3 Å². The fourth-order valence-corrected chi connectivity index (χ4v) is 1.67. The van der Waals surface area contributed by atoms with E-state index in [4.69, 9.17) is 18.0 Å². The van der Waals surface area contributed by atoms with Crippen LogP contribution in [0.25, 0.3) is 0 Å². The second kappa shape index (κ2) is 7.29. The molecular weight excluding hydrogens is 220 g/mol. The van der Waals surface area contributed by atoms with Crippen LogP contribution in [-0.2, 0) is 6.54 Å². The van der Waals surface area contributed by atoms with Gasteiger partial charge in [-0.3, -0.25) is 0 Å². The molecule has 3 heteroatoms. The minimum atomic E-state index is 0.630. The van der Waals surface area contributed by atoms with Crippen LogP contribution < -0.4 is 5.32 Å². The molecule has 0 unspecified atom stereocenters. The summed E-state index contributed by atoms with van der Waals surface area (Å²) in [5.74, 6) is 2.55. The van der Waals surface area contributed by atoms with Crippen LogP contribution in [-0.4, -0.2) is 31.6 Å². The first-order chi connectivity index (χ1) is 7.72. The molecule has 0 aliphatic rings. The van der Waals surface area contributed by atoms with E-state index in [2.05, 4.69) is 29.3 Å². The second-order valence-corrected chi connectivity index (χ2v) is 4.19. The number of nitrogens with one attached hydrogen (secondary N) is 1. The minimum absolute atomic E-state index is 0.630. The fourth-order valence-electron chi connectivity index (χ4n) is 1.46. The van der Waals surface area contributed by atoms with Crippen LogP contribution in [0.2, 0.25) is 5.02 Å². The summed E-state index contributed by atoms with van der Waals surface area (Å²) in [5.41, 5.74) is 1.23. The Labute approximate surface area is 103 Å². The van der Waals surface area contributed by atoms with E-state index in [9.17, 15) is 0 Å². The van der Waals surface area contributed by atoms with E-state index in [0.717, 1.165) is 24.7 Å². The Hall–Kier alpha value is -1.01. The third-order valence-electron chi connectivity index (χ3n) is 2.24. The number of terminal acetylenes is 1. The Morgan fingerprint density at radius 1 is 1.50 bits per heavy atom. The van der Waals surface area contributed by atoms with E-state index >= 15 is 0 Å². The van der Waals surface area contributed by atoms with Crippen molar-refractivity contribution in [2.45, 2.75) is 6.54 Å². The normalized spacial score (nSPS) is 10.4. The van der Waals surface area contributed by atoms with Crippen LogP contribution in [0.3, 0.4) is 0 Å². The van der Waals surface area contributed by atoms with Crippen molar-refractivity contribution in [3.05, 3.63) is 34.9 Å². The van der Waals surface area contributed by atoms with Crippen molar-refractivity contribution in [2.24, 2.45) is 0 Å². The number of nitrogens with zero attached hydrogens (tertiary/aromatic N) is 1. The highest BCUT2D eigenvalue weighted by atomic mass is 35.5. The number of hydrogen-bond donors (Lipinski definition) is 1. The summed E-state index contributed by atoms with van der Waals surface area (Å²) >= 11 is 5.92. The molecule has 16 heavy (non-hydrogen) atoms. The standard InChI is InChI=1S/C13H17ClN2/c1-3-7-15-8-9-16(2)11-12-5-4-6-13(14)10-12/h1,4-6,10,15H,7-9,11H2,2H3. The van der Waals surface area contributed by atoms with Crippen molar-refractivity contribution in [1.29, 1.82) is 0 Å². The van der Waals surface area contributed by atoms with Crippen molar-refractivity contribution < 1.29 is 0 Å². The summed E-state index contributed by atoms with van der Waals surface area (Å²) in [7, 11) is 2.08. The number of halogens is 1. The lowest BCUT2D eigenvalue weighted by molar-refractivity contribution is 0.327. The molecule has 0 radical (unpaired) electrons. The average Bonchev–Trinajstić information content (AvgIpc) is 2.24. The van der Waals surface area contributed by atoms with Gasteiger partial charge in [0.1, 0.15) is 0 Å². The largest absolute Gasteiger partial charge is 0.305 e. The molecule has 2 nitrogen and oxygen atoms in total. The van der Waals surface area contributed by atoms with Gasteiger partial charge in [-0.15, -0.1) is 6.42 Å². The molecule has 0 heterocycles. The van der Waals surface area contributed by atoms with E-state index in [1.54, 1.807) is 0 Å². The predicted molar refractivity (Wildman–Crippen MR) is 69.5 cm³/mol. The summed E-state index contributed by atoms with van der Waals surface area (Å²) in [6.45, 7) is 3.40. The maximum absolute atomic E-state index is 5.92. The molecule has 1 aromatic carbocycles. The number of rotatable bonds is 6. The molecule has 0 bridgehead atoms. The molecule has 0 aliphatic carbocycles. The quantitative estimate of drug-likeness (QED) is 0.601. The lowest BCUT2D eigenvalue weighted by Crippen LogP contribution is -2.29. The van der Waals surface area contributed by atoms with Gasteiger partial charge in [0, 0.05) is 24.7 Å². The summed E-state index contributed by atoms with van der Waals surface area (Å²) in [4.78, 5) is 2.23. The van der Waals surface area contributed by atoms with Crippen LogP contribution in [0.1, 0.15) is 5.56 Å².